The number of sulfonamides is 1. The van der Waals surface area contributed by atoms with E-state index < -0.39 is 21.4 Å². The number of hydrogen-bond donors (Lipinski definition) is 1. The van der Waals surface area contributed by atoms with Crippen molar-refractivity contribution < 1.29 is 12.8 Å². The van der Waals surface area contributed by atoms with Gasteiger partial charge in [-0.25, -0.2) is 17.5 Å². The van der Waals surface area contributed by atoms with E-state index in [1.165, 1.54) is 12.1 Å². The molecule has 0 spiro atoms. The van der Waals surface area contributed by atoms with Crippen LogP contribution in [0.5, 0.6) is 0 Å². The molecule has 1 aliphatic carbocycles. The van der Waals surface area contributed by atoms with Crippen molar-refractivity contribution in [2.75, 3.05) is 5.33 Å². The summed E-state index contributed by atoms with van der Waals surface area (Å²) in [7, 11) is -3.66. The summed E-state index contributed by atoms with van der Waals surface area (Å²) in [6.45, 7) is 3.26. The Hall–Kier alpha value is -0.460. The molecule has 0 unspecified atom stereocenters. The van der Waals surface area contributed by atoms with Crippen LogP contribution in [0.15, 0.2) is 17.0 Å². The molecule has 0 atom stereocenters. The van der Waals surface area contributed by atoms with Gasteiger partial charge in [-0.05, 0) is 49.9 Å². The van der Waals surface area contributed by atoms with Crippen LogP contribution in [0.2, 0.25) is 0 Å². The minimum atomic E-state index is -3.66. The van der Waals surface area contributed by atoms with Gasteiger partial charge in [0.15, 0.2) is 0 Å². The second kappa shape index (κ2) is 6.34. The first-order chi connectivity index (χ1) is 9.80. The van der Waals surface area contributed by atoms with Gasteiger partial charge >= 0.3 is 0 Å². The monoisotopic (exact) mass is 377 g/mol. The largest absolute Gasteiger partial charge is 0.241 e. The predicted octanol–water partition coefficient (Wildman–Crippen LogP) is 3.82. The summed E-state index contributed by atoms with van der Waals surface area (Å²) < 4.78 is 41.8. The first kappa shape index (κ1) is 16.9. The molecule has 3 nitrogen and oxygen atoms in total. The van der Waals surface area contributed by atoms with Crippen molar-refractivity contribution in [3.8, 4) is 0 Å². The molecular weight excluding hydrogens is 357 g/mol. The lowest BCUT2D eigenvalue weighted by Gasteiger charge is -2.36. The lowest BCUT2D eigenvalue weighted by atomic mass is 9.84. The summed E-state index contributed by atoms with van der Waals surface area (Å²) in [5.41, 5.74) is 0.464. The number of aryl methyl sites for hydroxylation is 2. The third kappa shape index (κ3) is 3.66. The van der Waals surface area contributed by atoms with E-state index in [1.54, 1.807) is 13.8 Å². The van der Waals surface area contributed by atoms with Crippen LogP contribution >= 0.6 is 15.9 Å². The Balaban J connectivity index is 2.38. The Morgan fingerprint density at radius 1 is 1.19 bits per heavy atom. The molecular formula is C15H21BrFNO2S. The maximum absolute atomic E-state index is 13.4. The highest BCUT2D eigenvalue weighted by Crippen LogP contribution is 2.32. The highest BCUT2D eigenvalue weighted by molar-refractivity contribution is 9.09. The average molecular weight is 378 g/mol. The maximum Gasteiger partial charge on any atom is 0.241 e. The van der Waals surface area contributed by atoms with Crippen molar-refractivity contribution in [1.82, 2.24) is 4.72 Å². The molecule has 1 aliphatic rings. The number of nitrogens with one attached hydrogen (secondary N) is 1. The first-order valence-electron chi connectivity index (χ1n) is 7.16. The quantitative estimate of drug-likeness (QED) is 0.810. The number of hydrogen-bond acceptors (Lipinski definition) is 2. The second-order valence-corrected chi connectivity index (χ2v) is 8.13. The molecule has 1 saturated carbocycles. The van der Waals surface area contributed by atoms with Gasteiger partial charge in [-0.3, -0.25) is 0 Å². The van der Waals surface area contributed by atoms with Crippen LogP contribution < -0.4 is 4.72 Å². The zero-order chi connectivity index (χ0) is 15.7. The third-order valence-electron chi connectivity index (χ3n) is 4.11. The Morgan fingerprint density at radius 3 is 2.19 bits per heavy atom. The smallest absolute Gasteiger partial charge is 0.207 e. The van der Waals surface area contributed by atoms with Gasteiger partial charge in [0.2, 0.25) is 10.0 Å². The predicted molar refractivity (Wildman–Crippen MR) is 85.8 cm³/mol. The van der Waals surface area contributed by atoms with Crippen molar-refractivity contribution >= 4 is 26.0 Å². The Kier molecular flexibility index (Phi) is 5.11. The minimum Gasteiger partial charge on any atom is -0.207 e. The fraction of sp³-hybridized carbons (Fsp3) is 0.600. The number of alkyl halides is 1. The highest BCUT2D eigenvalue weighted by Gasteiger charge is 2.36. The fourth-order valence-corrected chi connectivity index (χ4v) is 5.95. The maximum atomic E-state index is 13.4. The topological polar surface area (TPSA) is 46.2 Å². The van der Waals surface area contributed by atoms with Gasteiger partial charge < -0.3 is 0 Å². The molecule has 21 heavy (non-hydrogen) atoms. The van der Waals surface area contributed by atoms with E-state index in [1.807, 2.05) is 0 Å². The molecule has 1 fully saturated rings. The van der Waals surface area contributed by atoms with Crippen molar-refractivity contribution in [3.05, 3.63) is 29.1 Å². The molecule has 0 aliphatic heterocycles. The summed E-state index contributed by atoms with van der Waals surface area (Å²) in [5.74, 6) is -0.406. The van der Waals surface area contributed by atoms with Crippen LogP contribution in [0.4, 0.5) is 4.39 Å². The van der Waals surface area contributed by atoms with Crippen LogP contribution in [-0.4, -0.2) is 19.3 Å². The van der Waals surface area contributed by atoms with Crippen molar-refractivity contribution in [1.29, 1.82) is 0 Å². The Labute approximate surface area is 134 Å². The number of rotatable bonds is 4. The van der Waals surface area contributed by atoms with E-state index in [4.69, 9.17) is 0 Å². The van der Waals surface area contributed by atoms with Crippen LogP contribution in [0, 0.1) is 19.7 Å². The van der Waals surface area contributed by atoms with E-state index in [2.05, 4.69) is 20.7 Å². The van der Waals surface area contributed by atoms with Gasteiger partial charge in [-0.1, -0.05) is 35.2 Å². The van der Waals surface area contributed by atoms with Gasteiger partial charge in [-0.2, -0.15) is 0 Å². The van der Waals surface area contributed by atoms with E-state index in [9.17, 15) is 12.8 Å². The highest BCUT2D eigenvalue weighted by atomic mass is 79.9. The van der Waals surface area contributed by atoms with Crippen LogP contribution in [0.25, 0.3) is 0 Å². The molecule has 0 heterocycles. The van der Waals surface area contributed by atoms with Crippen molar-refractivity contribution in [2.45, 2.75) is 56.4 Å². The molecule has 6 heteroatoms. The van der Waals surface area contributed by atoms with Gasteiger partial charge in [0.1, 0.15) is 5.82 Å². The Morgan fingerprint density at radius 2 is 1.71 bits per heavy atom. The normalized spacial score (nSPS) is 18.7. The molecule has 0 aromatic heterocycles. The summed E-state index contributed by atoms with van der Waals surface area (Å²) >= 11 is 3.46. The fourth-order valence-electron chi connectivity index (χ4n) is 3.15. The number of halogens is 2. The molecule has 1 N–H and O–H groups in total. The molecule has 1 aromatic carbocycles. The molecule has 0 amide bonds. The lowest BCUT2D eigenvalue weighted by molar-refractivity contribution is 0.301. The van der Waals surface area contributed by atoms with Gasteiger partial charge in [0, 0.05) is 10.9 Å². The zero-order valence-electron chi connectivity index (χ0n) is 12.4. The summed E-state index contributed by atoms with van der Waals surface area (Å²) in [6.07, 6.45) is 4.85. The SMILES string of the molecule is Cc1cc(F)cc(C)c1S(=O)(=O)NC1(CBr)CCCCC1. The number of benzene rings is 1. The molecule has 0 saturated heterocycles. The molecule has 1 aromatic rings. The van der Waals surface area contributed by atoms with E-state index in [0.29, 0.717) is 16.5 Å². The van der Waals surface area contributed by atoms with Gasteiger partial charge in [0.25, 0.3) is 0 Å². The first-order valence-corrected chi connectivity index (χ1v) is 9.77. The summed E-state index contributed by atoms with van der Waals surface area (Å²) in [5, 5.41) is 0.596. The van der Waals surface area contributed by atoms with Gasteiger partial charge in [0.05, 0.1) is 4.90 Å². The molecule has 118 valence electrons. The zero-order valence-corrected chi connectivity index (χ0v) is 14.8. The summed E-state index contributed by atoms with van der Waals surface area (Å²) in [6, 6.07) is 2.53. The van der Waals surface area contributed by atoms with Crippen LogP contribution in [0.3, 0.4) is 0 Å². The van der Waals surface area contributed by atoms with Crippen molar-refractivity contribution in [3.63, 3.8) is 0 Å². The van der Waals surface area contributed by atoms with E-state index in [-0.39, 0.29) is 4.90 Å². The van der Waals surface area contributed by atoms with E-state index in [0.717, 1.165) is 32.1 Å². The lowest BCUT2D eigenvalue weighted by Crippen LogP contribution is -2.51. The van der Waals surface area contributed by atoms with Crippen molar-refractivity contribution in [2.24, 2.45) is 0 Å². The summed E-state index contributed by atoms with van der Waals surface area (Å²) in [4.78, 5) is 0.204. The average Bonchev–Trinajstić information content (AvgIpc) is 2.37. The van der Waals surface area contributed by atoms with Crippen LogP contribution in [0.1, 0.15) is 43.2 Å². The van der Waals surface area contributed by atoms with E-state index >= 15 is 0 Å². The van der Waals surface area contributed by atoms with Gasteiger partial charge in [-0.15, -0.1) is 0 Å². The minimum absolute atomic E-state index is 0.204. The molecule has 0 radical (unpaired) electrons. The second-order valence-electron chi connectivity index (χ2n) is 5.95. The molecule has 0 bridgehead atoms. The standard InChI is InChI=1S/C15H21BrFNO2S/c1-11-8-13(17)9-12(2)14(11)21(19,20)18-15(10-16)6-4-3-5-7-15/h8-9,18H,3-7,10H2,1-2H3. The third-order valence-corrected chi connectivity index (χ3v) is 7.07. The molecule has 2 rings (SSSR count). The van der Waals surface area contributed by atoms with Crippen LogP contribution in [-0.2, 0) is 10.0 Å². The Bertz CT molecular complexity index is 602.